The number of ether oxygens (including phenoxy) is 1. The largest absolute Gasteiger partial charge is 0.481 e. The van der Waals surface area contributed by atoms with E-state index in [1.165, 1.54) is 12.8 Å². The molecule has 0 atom stereocenters. The molecule has 0 amide bonds. The molecule has 2 fully saturated rings. The van der Waals surface area contributed by atoms with Crippen LogP contribution in [0.15, 0.2) is 30.7 Å². The van der Waals surface area contributed by atoms with Gasteiger partial charge in [0.2, 0.25) is 5.88 Å². The number of fused-ring (bicyclic) bond motifs is 1. The second-order valence-corrected chi connectivity index (χ2v) is 7.63. The Bertz CT molecular complexity index is 976. The zero-order valence-electron chi connectivity index (χ0n) is 16.3. The Morgan fingerprint density at radius 3 is 2.61 bits per heavy atom. The van der Waals surface area contributed by atoms with Crippen LogP contribution in [0.1, 0.15) is 31.4 Å². The van der Waals surface area contributed by atoms with Gasteiger partial charge in [-0.15, -0.1) is 0 Å². The maximum atomic E-state index is 5.31. The van der Waals surface area contributed by atoms with Gasteiger partial charge >= 0.3 is 0 Å². The first-order valence-electron chi connectivity index (χ1n) is 9.93. The molecule has 0 N–H and O–H groups in total. The number of methoxy groups -OCH3 is 1. The van der Waals surface area contributed by atoms with E-state index in [1.807, 2.05) is 29.8 Å². The first-order valence-corrected chi connectivity index (χ1v) is 9.93. The van der Waals surface area contributed by atoms with E-state index in [1.54, 1.807) is 13.4 Å². The van der Waals surface area contributed by atoms with Crippen molar-refractivity contribution in [3.05, 3.63) is 36.4 Å². The maximum Gasteiger partial charge on any atom is 0.218 e. The highest BCUT2D eigenvalue weighted by molar-refractivity contribution is 5.51. The van der Waals surface area contributed by atoms with Gasteiger partial charge in [0.15, 0.2) is 5.65 Å². The Morgan fingerprint density at radius 1 is 1.07 bits per heavy atom. The predicted octanol–water partition coefficient (Wildman–Crippen LogP) is 2.47. The minimum absolute atomic E-state index is 0.486. The van der Waals surface area contributed by atoms with Crippen LogP contribution in [0.25, 0.3) is 5.65 Å². The molecule has 1 aliphatic heterocycles. The van der Waals surface area contributed by atoms with Crippen LogP contribution in [-0.4, -0.2) is 56.8 Å². The summed E-state index contributed by atoms with van der Waals surface area (Å²) in [6.07, 6.45) is 8.08. The third kappa shape index (κ3) is 3.12. The molecule has 5 rings (SSSR count). The molecule has 4 heterocycles. The number of aryl methyl sites for hydroxylation is 1. The predicted molar refractivity (Wildman–Crippen MR) is 107 cm³/mol. The highest BCUT2D eigenvalue weighted by atomic mass is 16.5. The lowest BCUT2D eigenvalue weighted by Crippen LogP contribution is -2.47. The first-order chi connectivity index (χ1) is 13.7. The van der Waals surface area contributed by atoms with Crippen molar-refractivity contribution in [3.63, 3.8) is 0 Å². The summed E-state index contributed by atoms with van der Waals surface area (Å²) in [6, 6.07) is 7.13. The molecule has 1 saturated heterocycles. The van der Waals surface area contributed by atoms with Gasteiger partial charge in [-0.3, -0.25) is 0 Å². The molecule has 2 aliphatic rings. The maximum absolute atomic E-state index is 5.31. The van der Waals surface area contributed by atoms with Gasteiger partial charge in [0.1, 0.15) is 18.0 Å². The molecule has 0 spiro atoms. The molecule has 28 heavy (non-hydrogen) atoms. The standard InChI is InChI=1S/C20H25N7O/c1-14-11-20(27-17(24-14)5-8-23-27)25-9-6-16(7-10-25)26(15-3-4-15)18-12-19(28-2)22-13-21-18/h5,8,11-13,15-16H,3-4,6-7,9-10H2,1-2H3. The van der Waals surface area contributed by atoms with Crippen LogP contribution in [0, 0.1) is 6.92 Å². The molecule has 0 unspecified atom stereocenters. The van der Waals surface area contributed by atoms with Gasteiger partial charge in [-0.1, -0.05) is 0 Å². The topological polar surface area (TPSA) is 71.7 Å². The molecule has 3 aromatic rings. The summed E-state index contributed by atoms with van der Waals surface area (Å²) in [5, 5.41) is 4.47. The Hall–Kier alpha value is -2.90. The Labute approximate surface area is 164 Å². The molecule has 1 aliphatic carbocycles. The van der Waals surface area contributed by atoms with E-state index >= 15 is 0 Å². The monoisotopic (exact) mass is 379 g/mol. The quantitative estimate of drug-likeness (QED) is 0.674. The third-order valence-electron chi connectivity index (χ3n) is 5.69. The Balaban J connectivity index is 1.36. The lowest BCUT2D eigenvalue weighted by atomic mass is 10.0. The second kappa shape index (κ2) is 6.92. The number of rotatable bonds is 5. The zero-order valence-corrected chi connectivity index (χ0v) is 16.3. The van der Waals surface area contributed by atoms with Gasteiger partial charge in [0, 0.05) is 49.1 Å². The van der Waals surface area contributed by atoms with E-state index in [-0.39, 0.29) is 0 Å². The van der Waals surface area contributed by atoms with Crippen LogP contribution in [0.3, 0.4) is 0 Å². The van der Waals surface area contributed by atoms with Crippen LogP contribution in [0.5, 0.6) is 5.88 Å². The Morgan fingerprint density at radius 2 is 1.86 bits per heavy atom. The SMILES string of the molecule is COc1cc(N(C2CC2)C2CCN(c3cc(C)nc4ccnn34)CC2)ncn1. The summed E-state index contributed by atoms with van der Waals surface area (Å²) in [6.45, 7) is 4.03. The van der Waals surface area contributed by atoms with Crippen LogP contribution >= 0.6 is 0 Å². The number of hydrogen-bond donors (Lipinski definition) is 0. The molecule has 146 valence electrons. The highest BCUT2D eigenvalue weighted by Gasteiger charge is 2.37. The van der Waals surface area contributed by atoms with Crippen molar-refractivity contribution < 1.29 is 4.74 Å². The number of nitrogens with zero attached hydrogens (tertiary/aromatic N) is 7. The van der Waals surface area contributed by atoms with Crippen molar-refractivity contribution in [3.8, 4) is 5.88 Å². The van der Waals surface area contributed by atoms with Gasteiger partial charge in [-0.05, 0) is 32.6 Å². The van der Waals surface area contributed by atoms with E-state index in [2.05, 4.69) is 35.9 Å². The minimum Gasteiger partial charge on any atom is -0.481 e. The molecule has 0 radical (unpaired) electrons. The highest BCUT2D eigenvalue weighted by Crippen LogP contribution is 2.36. The van der Waals surface area contributed by atoms with Gasteiger partial charge in [0.25, 0.3) is 0 Å². The summed E-state index contributed by atoms with van der Waals surface area (Å²) >= 11 is 0. The number of aromatic nitrogens is 5. The van der Waals surface area contributed by atoms with Crippen LogP contribution in [0.4, 0.5) is 11.6 Å². The van der Waals surface area contributed by atoms with Crippen LogP contribution < -0.4 is 14.5 Å². The Kier molecular flexibility index (Phi) is 4.26. The van der Waals surface area contributed by atoms with E-state index < -0.39 is 0 Å². The van der Waals surface area contributed by atoms with Gasteiger partial charge in [-0.25, -0.2) is 15.0 Å². The molecule has 0 bridgehead atoms. The summed E-state index contributed by atoms with van der Waals surface area (Å²) in [5.41, 5.74) is 1.93. The van der Waals surface area contributed by atoms with E-state index in [9.17, 15) is 0 Å². The van der Waals surface area contributed by atoms with Crippen LogP contribution in [-0.2, 0) is 0 Å². The number of anilines is 2. The van der Waals surface area contributed by atoms with Crippen molar-refractivity contribution in [1.82, 2.24) is 24.6 Å². The number of hydrogen-bond acceptors (Lipinski definition) is 7. The average Bonchev–Trinajstić information content (AvgIpc) is 3.44. The fourth-order valence-electron chi connectivity index (χ4n) is 4.22. The van der Waals surface area contributed by atoms with Gasteiger partial charge in [0.05, 0.1) is 13.3 Å². The van der Waals surface area contributed by atoms with Crippen molar-refractivity contribution in [1.29, 1.82) is 0 Å². The fraction of sp³-hybridized carbons (Fsp3) is 0.500. The second-order valence-electron chi connectivity index (χ2n) is 7.63. The lowest BCUT2D eigenvalue weighted by Gasteiger charge is -2.40. The van der Waals surface area contributed by atoms with E-state index in [0.717, 1.165) is 48.9 Å². The summed E-state index contributed by atoms with van der Waals surface area (Å²) in [7, 11) is 1.65. The first kappa shape index (κ1) is 17.2. The smallest absolute Gasteiger partial charge is 0.218 e. The van der Waals surface area contributed by atoms with Gasteiger partial charge < -0.3 is 14.5 Å². The zero-order chi connectivity index (χ0) is 19.1. The van der Waals surface area contributed by atoms with Crippen LogP contribution in [0.2, 0.25) is 0 Å². The van der Waals surface area contributed by atoms with Gasteiger partial charge in [-0.2, -0.15) is 9.61 Å². The lowest BCUT2D eigenvalue weighted by molar-refractivity contribution is 0.395. The number of piperidine rings is 1. The molecular weight excluding hydrogens is 354 g/mol. The summed E-state index contributed by atoms with van der Waals surface area (Å²) in [4.78, 5) is 18.2. The molecule has 1 saturated carbocycles. The van der Waals surface area contributed by atoms with Crippen molar-refractivity contribution >= 4 is 17.3 Å². The van der Waals surface area contributed by atoms with Crippen molar-refractivity contribution in [2.45, 2.75) is 44.7 Å². The normalized spacial score (nSPS) is 17.9. The minimum atomic E-state index is 0.486. The van der Waals surface area contributed by atoms with Crippen molar-refractivity contribution in [2.75, 3.05) is 30.0 Å². The summed E-state index contributed by atoms with van der Waals surface area (Å²) < 4.78 is 7.26. The summed E-state index contributed by atoms with van der Waals surface area (Å²) in [5.74, 6) is 2.75. The molecular formula is C20H25N7O. The third-order valence-corrected chi connectivity index (χ3v) is 5.69. The molecule has 0 aromatic carbocycles. The molecule has 8 nitrogen and oxygen atoms in total. The van der Waals surface area contributed by atoms with E-state index in [4.69, 9.17) is 4.74 Å². The fourth-order valence-corrected chi connectivity index (χ4v) is 4.22. The van der Waals surface area contributed by atoms with E-state index in [0.29, 0.717) is 18.0 Å². The average molecular weight is 379 g/mol. The molecule has 3 aromatic heterocycles. The van der Waals surface area contributed by atoms with Crippen molar-refractivity contribution in [2.24, 2.45) is 0 Å². The molecule has 8 heteroatoms.